The minimum Gasteiger partial charge on any atom is -0.243 e. The van der Waals surface area contributed by atoms with E-state index in [1.54, 1.807) is 0 Å². The first kappa shape index (κ1) is 13.2. The lowest BCUT2D eigenvalue weighted by Gasteiger charge is -2.09. The topological polar surface area (TPSA) is 78.5 Å². The van der Waals surface area contributed by atoms with Crippen molar-refractivity contribution in [3.05, 3.63) is 48.4 Å². The van der Waals surface area contributed by atoms with Crippen molar-refractivity contribution in [3.8, 4) is 11.3 Å². The van der Waals surface area contributed by atoms with E-state index in [0.717, 1.165) is 15.9 Å². The van der Waals surface area contributed by atoms with Crippen molar-refractivity contribution in [3.63, 3.8) is 0 Å². The molecule has 7 nitrogen and oxygen atoms in total. The Hall–Kier alpha value is -2.83. The number of aromatic nitrogens is 6. The van der Waals surface area contributed by atoms with Gasteiger partial charge in [0.1, 0.15) is 5.69 Å². The quantitative estimate of drug-likeness (QED) is 0.719. The van der Waals surface area contributed by atoms with Gasteiger partial charge in [-0.2, -0.15) is 9.36 Å². The third-order valence-corrected chi connectivity index (χ3v) is 3.10. The second-order valence-electron chi connectivity index (χ2n) is 4.89. The van der Waals surface area contributed by atoms with Crippen molar-refractivity contribution in [2.75, 3.05) is 0 Å². The van der Waals surface area contributed by atoms with Crippen molar-refractivity contribution in [2.24, 2.45) is 0 Å². The molecular weight excluding hydrogens is 268 g/mol. The zero-order valence-corrected chi connectivity index (χ0v) is 11.7. The third kappa shape index (κ3) is 2.33. The molecule has 0 aliphatic carbocycles. The Balaban J connectivity index is 2.11. The molecule has 0 unspecified atom stereocenters. The van der Waals surface area contributed by atoms with Crippen molar-refractivity contribution in [2.45, 2.75) is 19.8 Å². The van der Waals surface area contributed by atoms with E-state index in [0.29, 0.717) is 5.69 Å². The first-order chi connectivity index (χ1) is 10.2. The molecule has 0 aliphatic rings. The number of hydrogen-bond donors (Lipinski definition) is 0. The fraction of sp³-hybridized carbons (Fsp3) is 0.214. The maximum Gasteiger partial charge on any atom is 0.372 e. The summed E-state index contributed by atoms with van der Waals surface area (Å²) >= 11 is 0. The molecule has 0 bridgehead atoms. The summed E-state index contributed by atoms with van der Waals surface area (Å²) in [6.45, 7) is 3.99. The van der Waals surface area contributed by atoms with Crippen LogP contribution in [0, 0.1) is 0 Å². The van der Waals surface area contributed by atoms with E-state index >= 15 is 0 Å². The number of benzene rings is 1. The molecule has 0 radical (unpaired) electrons. The van der Waals surface area contributed by atoms with E-state index in [1.165, 1.54) is 17.1 Å². The Kier molecular flexibility index (Phi) is 3.31. The van der Waals surface area contributed by atoms with Gasteiger partial charge in [-0.1, -0.05) is 54.6 Å². The summed E-state index contributed by atoms with van der Waals surface area (Å²) in [7, 11) is 0. The lowest BCUT2D eigenvalue weighted by molar-refractivity contribution is 0.236. The van der Waals surface area contributed by atoms with Gasteiger partial charge in [0.05, 0.1) is 18.1 Å². The molecule has 21 heavy (non-hydrogen) atoms. The summed E-state index contributed by atoms with van der Waals surface area (Å²) < 4.78 is 2.41. The first-order valence-electron chi connectivity index (χ1n) is 6.60. The molecule has 2 aromatic heterocycles. The Morgan fingerprint density at radius 3 is 2.52 bits per heavy atom. The molecule has 0 aliphatic heterocycles. The lowest BCUT2D eigenvalue weighted by atomic mass is 10.0. The van der Waals surface area contributed by atoms with E-state index in [1.807, 2.05) is 44.2 Å². The number of nitrogens with zero attached hydrogens (tertiary/aromatic N) is 6. The number of carbonyl (C=O) groups excluding carboxylic acids is 1. The van der Waals surface area contributed by atoms with E-state index < -0.39 is 6.03 Å². The molecular formula is C14H14N6O. The third-order valence-electron chi connectivity index (χ3n) is 3.10. The summed E-state index contributed by atoms with van der Waals surface area (Å²) in [5.74, 6) is 0.0858. The van der Waals surface area contributed by atoms with Gasteiger partial charge >= 0.3 is 6.03 Å². The largest absolute Gasteiger partial charge is 0.372 e. The molecule has 0 atom stereocenters. The van der Waals surface area contributed by atoms with E-state index in [4.69, 9.17) is 0 Å². The Bertz CT molecular complexity index is 745. The van der Waals surface area contributed by atoms with Crippen molar-refractivity contribution < 1.29 is 4.79 Å². The molecule has 7 heteroatoms. The first-order valence-corrected chi connectivity index (χ1v) is 6.60. The second kappa shape index (κ2) is 5.28. The average molecular weight is 282 g/mol. The lowest BCUT2D eigenvalue weighted by Crippen LogP contribution is -2.24. The van der Waals surface area contributed by atoms with Crippen LogP contribution >= 0.6 is 0 Å². The van der Waals surface area contributed by atoms with Crippen molar-refractivity contribution in [1.82, 2.24) is 30.0 Å². The van der Waals surface area contributed by atoms with Gasteiger partial charge in [-0.05, 0) is 5.92 Å². The van der Waals surface area contributed by atoms with E-state index in [9.17, 15) is 4.79 Å². The minimum atomic E-state index is -0.397. The molecule has 3 rings (SSSR count). The Labute approximate surface area is 121 Å². The molecule has 1 aromatic carbocycles. The van der Waals surface area contributed by atoms with Crippen LogP contribution in [-0.2, 0) is 0 Å². The van der Waals surface area contributed by atoms with Gasteiger partial charge in [0.2, 0.25) is 0 Å². The standard InChI is InChI=1S/C14H14N6O/c1-10(2)13-12(11-6-4-3-5-7-11)16-18-20(13)14(21)19-9-8-15-17-19/h3-10H,1-2H3. The average Bonchev–Trinajstić information content (AvgIpc) is 3.17. The molecule has 2 heterocycles. The predicted octanol–water partition coefficient (Wildman–Crippen LogP) is 2.18. The molecule has 0 fully saturated rings. The Morgan fingerprint density at radius 2 is 1.90 bits per heavy atom. The number of carbonyl (C=O) groups is 1. The normalized spacial score (nSPS) is 11.0. The van der Waals surface area contributed by atoms with Crippen molar-refractivity contribution in [1.29, 1.82) is 0 Å². The van der Waals surface area contributed by atoms with Crippen LogP contribution in [0.3, 0.4) is 0 Å². The van der Waals surface area contributed by atoms with Gasteiger partial charge in [0.15, 0.2) is 0 Å². The SMILES string of the molecule is CC(C)c1c(-c2ccccc2)nnn1C(=O)n1ccnn1. The highest BCUT2D eigenvalue weighted by Crippen LogP contribution is 2.26. The van der Waals surface area contributed by atoms with Crippen LogP contribution in [0.4, 0.5) is 4.79 Å². The number of rotatable bonds is 2. The Morgan fingerprint density at radius 1 is 1.14 bits per heavy atom. The van der Waals surface area contributed by atoms with Gasteiger partial charge in [-0.15, -0.1) is 10.2 Å². The van der Waals surface area contributed by atoms with Crippen LogP contribution in [0.1, 0.15) is 25.5 Å². The molecule has 0 saturated heterocycles. The van der Waals surface area contributed by atoms with Gasteiger partial charge < -0.3 is 0 Å². The molecule has 0 N–H and O–H groups in total. The molecule has 0 spiro atoms. The highest BCUT2D eigenvalue weighted by atomic mass is 16.2. The maximum absolute atomic E-state index is 12.4. The monoisotopic (exact) mass is 282 g/mol. The van der Waals surface area contributed by atoms with Crippen LogP contribution < -0.4 is 0 Å². The van der Waals surface area contributed by atoms with Crippen LogP contribution in [0.2, 0.25) is 0 Å². The minimum absolute atomic E-state index is 0.0858. The van der Waals surface area contributed by atoms with Crippen LogP contribution in [-0.4, -0.2) is 36.0 Å². The van der Waals surface area contributed by atoms with Crippen LogP contribution in [0.5, 0.6) is 0 Å². The zero-order valence-electron chi connectivity index (χ0n) is 11.7. The zero-order chi connectivity index (χ0) is 14.8. The van der Waals surface area contributed by atoms with Gasteiger partial charge in [-0.25, -0.2) is 4.79 Å². The van der Waals surface area contributed by atoms with Crippen LogP contribution in [0.25, 0.3) is 11.3 Å². The fourth-order valence-corrected chi connectivity index (χ4v) is 2.16. The molecule has 106 valence electrons. The number of hydrogen-bond acceptors (Lipinski definition) is 5. The van der Waals surface area contributed by atoms with Gasteiger partial charge in [0, 0.05) is 5.56 Å². The molecule has 3 aromatic rings. The summed E-state index contributed by atoms with van der Waals surface area (Å²) in [4.78, 5) is 12.4. The van der Waals surface area contributed by atoms with Crippen LogP contribution in [0.15, 0.2) is 42.7 Å². The highest BCUT2D eigenvalue weighted by Gasteiger charge is 2.22. The molecule has 0 saturated carbocycles. The van der Waals surface area contributed by atoms with E-state index in [-0.39, 0.29) is 5.92 Å². The second-order valence-corrected chi connectivity index (χ2v) is 4.89. The summed E-state index contributed by atoms with van der Waals surface area (Å²) in [6.07, 6.45) is 2.93. The predicted molar refractivity (Wildman–Crippen MR) is 75.8 cm³/mol. The van der Waals surface area contributed by atoms with Crippen molar-refractivity contribution >= 4 is 6.03 Å². The summed E-state index contributed by atoms with van der Waals surface area (Å²) in [5.41, 5.74) is 2.39. The van der Waals surface area contributed by atoms with Gasteiger partial charge in [0.25, 0.3) is 0 Å². The maximum atomic E-state index is 12.4. The van der Waals surface area contributed by atoms with E-state index in [2.05, 4.69) is 20.6 Å². The fourth-order valence-electron chi connectivity index (χ4n) is 2.16. The summed E-state index contributed by atoms with van der Waals surface area (Å²) in [6, 6.07) is 9.28. The smallest absolute Gasteiger partial charge is 0.243 e. The molecule has 0 amide bonds. The van der Waals surface area contributed by atoms with Gasteiger partial charge in [-0.3, -0.25) is 0 Å². The summed E-state index contributed by atoms with van der Waals surface area (Å²) in [5, 5.41) is 15.5. The highest BCUT2D eigenvalue weighted by molar-refractivity contribution is 5.80.